The zero-order chi connectivity index (χ0) is 33.5. The lowest BCUT2D eigenvalue weighted by atomic mass is 10.1. The maximum absolute atomic E-state index is 15.8. The van der Waals surface area contributed by atoms with Crippen molar-refractivity contribution in [3.05, 3.63) is 108 Å². The Balaban J connectivity index is 1.10. The summed E-state index contributed by atoms with van der Waals surface area (Å²) in [6.07, 6.45) is 0.520. The number of amides is 1. The molecule has 2 saturated heterocycles. The number of ether oxygens (including phenoxy) is 3. The van der Waals surface area contributed by atoms with Crippen LogP contribution in [0.1, 0.15) is 38.3 Å². The van der Waals surface area contributed by atoms with E-state index in [-0.39, 0.29) is 5.82 Å². The summed E-state index contributed by atoms with van der Waals surface area (Å²) >= 11 is 0. The van der Waals surface area contributed by atoms with E-state index in [4.69, 9.17) is 19.2 Å². The summed E-state index contributed by atoms with van der Waals surface area (Å²) in [5.74, 6) is 0.545. The van der Waals surface area contributed by atoms with Gasteiger partial charge in [0.15, 0.2) is 0 Å². The molecule has 0 aliphatic carbocycles. The minimum atomic E-state index is -0.537. The van der Waals surface area contributed by atoms with Crippen molar-refractivity contribution in [2.75, 3.05) is 44.2 Å². The molecule has 4 aromatic rings. The van der Waals surface area contributed by atoms with Crippen LogP contribution in [-0.4, -0.2) is 71.9 Å². The zero-order valence-electron chi connectivity index (χ0n) is 27.9. The molecular formula is C38H44FN5O4. The second-order valence-electron chi connectivity index (χ2n) is 13.2. The van der Waals surface area contributed by atoms with Gasteiger partial charge in [0.25, 0.3) is 0 Å². The number of nitrogens with one attached hydrogen (secondary N) is 1. The third kappa shape index (κ3) is 8.81. The fourth-order valence-corrected chi connectivity index (χ4v) is 6.11. The fourth-order valence-electron chi connectivity index (χ4n) is 6.11. The Hall–Kier alpha value is -4.67. The number of piperazine rings is 1. The highest BCUT2D eigenvalue weighted by Crippen LogP contribution is 2.35. The second kappa shape index (κ2) is 15.0. The predicted molar refractivity (Wildman–Crippen MR) is 184 cm³/mol. The van der Waals surface area contributed by atoms with Crippen LogP contribution in [0.15, 0.2) is 91.0 Å². The first kappa shape index (κ1) is 33.2. The summed E-state index contributed by atoms with van der Waals surface area (Å²) in [6.45, 7) is 10.8. The molecule has 1 unspecified atom stereocenters. The Morgan fingerprint density at radius 2 is 1.52 bits per heavy atom. The van der Waals surface area contributed by atoms with Crippen molar-refractivity contribution in [2.45, 2.75) is 52.0 Å². The van der Waals surface area contributed by atoms with Crippen molar-refractivity contribution >= 4 is 11.8 Å². The van der Waals surface area contributed by atoms with E-state index < -0.39 is 11.7 Å². The van der Waals surface area contributed by atoms with Gasteiger partial charge in [0.2, 0.25) is 11.8 Å². The van der Waals surface area contributed by atoms with Gasteiger partial charge in [-0.25, -0.2) is 14.2 Å². The quantitative estimate of drug-likeness (QED) is 0.203. The van der Waals surface area contributed by atoms with Gasteiger partial charge in [-0.05, 0) is 62.1 Å². The van der Waals surface area contributed by atoms with E-state index in [1.165, 1.54) is 0 Å². The van der Waals surface area contributed by atoms with Crippen molar-refractivity contribution in [2.24, 2.45) is 0 Å². The summed E-state index contributed by atoms with van der Waals surface area (Å²) in [5.41, 5.74) is 6.33. The van der Waals surface area contributed by atoms with Crippen LogP contribution in [0.3, 0.4) is 0 Å². The molecule has 3 heterocycles. The number of benzene rings is 3. The van der Waals surface area contributed by atoms with E-state index >= 15 is 4.39 Å². The molecule has 6 rings (SSSR count). The summed E-state index contributed by atoms with van der Waals surface area (Å²) in [6, 6.07) is 29.2. The van der Waals surface area contributed by atoms with Crippen LogP contribution in [0.5, 0.6) is 11.8 Å². The number of nitrogens with zero attached hydrogens (tertiary/aromatic N) is 4. The fraction of sp³-hybridized carbons (Fsp3) is 0.368. The van der Waals surface area contributed by atoms with Gasteiger partial charge in [0, 0.05) is 56.9 Å². The molecule has 0 saturated carbocycles. The first-order valence-electron chi connectivity index (χ1n) is 16.6. The maximum Gasteiger partial charge on any atom is 0.422 e. The lowest BCUT2D eigenvalue weighted by Crippen LogP contribution is -2.56. The minimum Gasteiger partial charge on any atom is -0.473 e. The summed E-state index contributed by atoms with van der Waals surface area (Å²) in [5, 5.41) is 1.91. The number of carbonyl (C=O) groups excluding carboxylic acids is 1. The summed E-state index contributed by atoms with van der Waals surface area (Å²) < 4.78 is 33.4. The Morgan fingerprint density at radius 1 is 0.854 bits per heavy atom. The number of hydrogen-bond donors (Lipinski definition) is 1. The number of hydrogen-bond acceptors (Lipinski definition) is 8. The Bertz CT molecular complexity index is 1660. The van der Waals surface area contributed by atoms with Gasteiger partial charge in [-0.15, -0.1) is 0 Å². The van der Waals surface area contributed by atoms with Crippen molar-refractivity contribution in [3.8, 4) is 22.9 Å². The highest BCUT2D eigenvalue weighted by atomic mass is 19.1. The summed E-state index contributed by atoms with van der Waals surface area (Å²) in [4.78, 5) is 21.4. The molecule has 3 aromatic carbocycles. The van der Waals surface area contributed by atoms with Gasteiger partial charge in [0.05, 0.1) is 5.69 Å². The molecule has 1 aromatic heterocycles. The van der Waals surface area contributed by atoms with Gasteiger partial charge in [-0.2, -0.15) is 4.98 Å². The largest absolute Gasteiger partial charge is 0.473 e. The Morgan fingerprint density at radius 3 is 2.17 bits per heavy atom. The van der Waals surface area contributed by atoms with Crippen molar-refractivity contribution in [3.63, 3.8) is 0 Å². The number of carbonyl (C=O) groups is 1. The predicted octanol–water partition coefficient (Wildman–Crippen LogP) is 6.68. The molecule has 1 N–H and O–H groups in total. The number of rotatable bonds is 10. The second-order valence-corrected chi connectivity index (χ2v) is 13.2. The van der Waals surface area contributed by atoms with Crippen LogP contribution in [-0.2, 0) is 18.0 Å². The van der Waals surface area contributed by atoms with Crippen LogP contribution >= 0.6 is 0 Å². The lowest BCUT2D eigenvalue weighted by molar-refractivity contribution is 0.0182. The van der Waals surface area contributed by atoms with Gasteiger partial charge in [0.1, 0.15) is 24.6 Å². The molecule has 10 heteroatoms. The molecular weight excluding hydrogens is 609 g/mol. The molecule has 2 aliphatic rings. The molecule has 1 atom stereocenters. The van der Waals surface area contributed by atoms with Crippen LogP contribution in [0.2, 0.25) is 0 Å². The molecule has 0 spiro atoms. The monoisotopic (exact) mass is 653 g/mol. The molecule has 9 nitrogen and oxygen atoms in total. The van der Waals surface area contributed by atoms with E-state index in [0.29, 0.717) is 60.9 Å². The third-order valence-electron chi connectivity index (χ3n) is 8.52. The normalized spacial score (nSPS) is 17.2. The van der Waals surface area contributed by atoms with E-state index in [2.05, 4.69) is 15.2 Å². The van der Waals surface area contributed by atoms with Crippen LogP contribution in [0.4, 0.5) is 14.9 Å². The Kier molecular flexibility index (Phi) is 10.4. The molecule has 0 bridgehead atoms. The maximum atomic E-state index is 15.8. The van der Waals surface area contributed by atoms with Gasteiger partial charge in [-0.1, -0.05) is 66.7 Å². The standard InChI is InChI=1S/C38H44FN5O4/c1-38(2,3)48-37(45)41-44-22-20-42(21-23-44)31-18-19-43(25-31)34-16-14-30(24-33(34)39)32-15-17-35(46-26-28-10-6-4-7-11-28)40-36(32)47-27-29-12-8-5-9-13-29/h4-17,24,31H,18-23,25-27H2,1-3H3,(H,41,45). The average molecular weight is 654 g/mol. The molecule has 252 valence electrons. The smallest absolute Gasteiger partial charge is 0.422 e. The highest BCUT2D eigenvalue weighted by molar-refractivity contribution is 5.71. The zero-order valence-corrected chi connectivity index (χ0v) is 27.9. The third-order valence-corrected chi connectivity index (χ3v) is 8.52. The van der Waals surface area contributed by atoms with Crippen LogP contribution in [0.25, 0.3) is 11.1 Å². The van der Waals surface area contributed by atoms with Gasteiger partial charge < -0.3 is 19.1 Å². The van der Waals surface area contributed by atoms with Gasteiger partial charge >= 0.3 is 6.09 Å². The molecule has 2 fully saturated rings. The van der Waals surface area contributed by atoms with Crippen LogP contribution in [0, 0.1) is 5.82 Å². The summed E-state index contributed by atoms with van der Waals surface area (Å²) in [7, 11) is 0. The van der Waals surface area contributed by atoms with E-state index in [1.807, 2.05) is 105 Å². The van der Waals surface area contributed by atoms with E-state index in [0.717, 1.165) is 43.7 Å². The average Bonchev–Trinajstić information content (AvgIpc) is 3.57. The number of pyridine rings is 1. The number of hydrazine groups is 1. The molecule has 1 amide bonds. The van der Waals surface area contributed by atoms with Crippen LogP contribution < -0.4 is 19.8 Å². The minimum absolute atomic E-state index is 0.280. The SMILES string of the molecule is CC(C)(C)OC(=O)NN1CCN(C2CCN(c3ccc(-c4ccc(OCc5ccccc5)nc4OCc4ccccc4)cc3F)C2)CC1. The lowest BCUT2D eigenvalue weighted by Gasteiger charge is -2.38. The first-order valence-corrected chi connectivity index (χ1v) is 16.6. The molecule has 48 heavy (non-hydrogen) atoms. The first-order chi connectivity index (χ1) is 23.2. The van der Waals surface area contributed by atoms with Crippen molar-refractivity contribution in [1.82, 2.24) is 20.3 Å². The number of halogens is 1. The van der Waals surface area contributed by atoms with Crippen molar-refractivity contribution in [1.29, 1.82) is 0 Å². The Labute approximate surface area is 282 Å². The highest BCUT2D eigenvalue weighted by Gasteiger charge is 2.32. The topological polar surface area (TPSA) is 79.4 Å². The van der Waals surface area contributed by atoms with E-state index in [1.54, 1.807) is 12.1 Å². The number of aromatic nitrogens is 1. The molecule has 2 aliphatic heterocycles. The molecule has 0 radical (unpaired) electrons. The van der Waals surface area contributed by atoms with E-state index in [9.17, 15) is 4.79 Å². The van der Waals surface area contributed by atoms with Gasteiger partial charge in [-0.3, -0.25) is 10.3 Å². The van der Waals surface area contributed by atoms with Crippen molar-refractivity contribution < 1.29 is 23.4 Å². The number of anilines is 1.